The molecule has 4 atom stereocenters. The number of ketones is 1. The Morgan fingerprint density at radius 1 is 0.837 bits per heavy atom. The van der Waals surface area contributed by atoms with E-state index >= 15 is 0 Å². The van der Waals surface area contributed by atoms with Gasteiger partial charge in [0.1, 0.15) is 18.3 Å². The largest absolute Gasteiger partial charge is 0.493 e. The van der Waals surface area contributed by atoms with Gasteiger partial charge in [-0.3, -0.25) is 14.4 Å². The normalized spacial score (nSPS) is 20.4. The molecule has 0 aromatic heterocycles. The number of halogens is 2. The summed E-state index contributed by atoms with van der Waals surface area (Å²) in [5.74, 6) is -4.53. The van der Waals surface area contributed by atoms with Crippen molar-refractivity contribution in [2.75, 3.05) is 17.7 Å². The van der Waals surface area contributed by atoms with Crippen molar-refractivity contribution >= 4 is 52.2 Å². The number of anilines is 2. The summed E-state index contributed by atoms with van der Waals surface area (Å²) in [6.07, 6.45) is -0.393. The number of nitrogens with one attached hydrogen (secondary N) is 2. The fraction of sp³-hybridized carbons (Fsp3) is 0.308. The molecular weight excluding hydrogens is 663 g/mol. The van der Waals surface area contributed by atoms with Crippen molar-refractivity contribution in [2.45, 2.75) is 59.2 Å². The Bertz CT molecular complexity index is 1900. The smallest absolute Gasteiger partial charge is 0.235 e. The van der Waals surface area contributed by atoms with Gasteiger partial charge in [-0.15, -0.1) is 0 Å². The van der Waals surface area contributed by atoms with Crippen LogP contribution in [0, 0.1) is 39.5 Å². The van der Waals surface area contributed by atoms with Crippen LogP contribution in [0.1, 0.15) is 52.6 Å². The maximum Gasteiger partial charge on any atom is 0.235 e. The number of benzene rings is 4. The first kappa shape index (κ1) is 35.9. The van der Waals surface area contributed by atoms with E-state index in [-0.39, 0.29) is 6.61 Å². The van der Waals surface area contributed by atoms with Gasteiger partial charge in [-0.05, 0) is 98.8 Å². The summed E-state index contributed by atoms with van der Waals surface area (Å²) < 4.78 is 11.8. The van der Waals surface area contributed by atoms with Crippen LogP contribution in [0.4, 0.5) is 11.4 Å². The molecule has 0 aliphatic heterocycles. The van der Waals surface area contributed by atoms with E-state index in [2.05, 4.69) is 10.6 Å². The molecule has 49 heavy (non-hydrogen) atoms. The highest BCUT2D eigenvalue weighted by Crippen LogP contribution is 2.48. The van der Waals surface area contributed by atoms with E-state index in [1.807, 2.05) is 52.0 Å². The van der Waals surface area contributed by atoms with Crippen LogP contribution in [0.3, 0.4) is 0 Å². The Morgan fingerprint density at radius 3 is 1.96 bits per heavy atom. The summed E-state index contributed by atoms with van der Waals surface area (Å²) >= 11 is 12.7. The molecule has 4 unspecified atom stereocenters. The Kier molecular flexibility index (Phi) is 10.7. The topological polar surface area (TPSA) is 114 Å². The van der Waals surface area contributed by atoms with Crippen LogP contribution in [0.2, 0.25) is 10.0 Å². The van der Waals surface area contributed by atoms with Crippen molar-refractivity contribution in [1.82, 2.24) is 0 Å². The van der Waals surface area contributed by atoms with E-state index in [1.54, 1.807) is 48.5 Å². The van der Waals surface area contributed by atoms with Crippen LogP contribution in [0.5, 0.6) is 11.5 Å². The Labute approximate surface area is 296 Å². The Hall–Kier alpha value is -4.37. The molecule has 10 heteroatoms. The second kappa shape index (κ2) is 14.6. The number of rotatable bonds is 9. The molecular formula is C39H40Cl2N2O6. The van der Waals surface area contributed by atoms with E-state index in [0.29, 0.717) is 44.0 Å². The van der Waals surface area contributed by atoms with Crippen molar-refractivity contribution < 1.29 is 29.0 Å². The third-order valence-electron chi connectivity index (χ3n) is 9.56. The van der Waals surface area contributed by atoms with Crippen molar-refractivity contribution in [3.63, 3.8) is 0 Å². The highest BCUT2D eigenvalue weighted by Gasteiger charge is 2.56. The molecule has 5 rings (SSSR count). The maximum absolute atomic E-state index is 14.3. The maximum atomic E-state index is 14.3. The van der Waals surface area contributed by atoms with Crippen molar-refractivity contribution in [1.29, 1.82) is 0 Å². The van der Waals surface area contributed by atoms with Gasteiger partial charge in [0.2, 0.25) is 11.8 Å². The third kappa shape index (κ3) is 7.47. The SMILES string of the molecule is COc1cc(C2C(C(=O)Nc3cccc(C)c3C)C(=O)CC(C)(O)C2C(=O)Nc2cccc(C)c2C)ccc1OCc1c(Cl)cccc1Cl. The van der Waals surface area contributed by atoms with E-state index in [9.17, 15) is 19.5 Å². The van der Waals surface area contributed by atoms with Gasteiger partial charge in [-0.2, -0.15) is 0 Å². The first-order chi connectivity index (χ1) is 23.2. The van der Waals surface area contributed by atoms with Gasteiger partial charge in [-0.1, -0.05) is 59.6 Å². The molecule has 1 saturated carbocycles. The molecule has 0 saturated heterocycles. The quantitative estimate of drug-likeness (QED) is 0.152. The average molecular weight is 704 g/mol. The molecule has 1 fully saturated rings. The summed E-state index contributed by atoms with van der Waals surface area (Å²) in [6.45, 7) is 9.16. The molecule has 2 amide bonds. The van der Waals surface area contributed by atoms with Crippen molar-refractivity contribution in [2.24, 2.45) is 11.8 Å². The number of hydrogen-bond acceptors (Lipinski definition) is 6. The second-order valence-electron chi connectivity index (χ2n) is 12.9. The average Bonchev–Trinajstić information content (AvgIpc) is 3.04. The highest BCUT2D eigenvalue weighted by molar-refractivity contribution is 6.36. The van der Waals surface area contributed by atoms with Gasteiger partial charge < -0.3 is 25.2 Å². The molecule has 3 N–H and O–H groups in total. The first-order valence-corrected chi connectivity index (χ1v) is 16.7. The van der Waals surface area contributed by atoms with E-state index in [0.717, 1.165) is 22.3 Å². The van der Waals surface area contributed by atoms with Gasteiger partial charge in [0.25, 0.3) is 0 Å². The van der Waals surface area contributed by atoms with E-state index < -0.39 is 47.4 Å². The number of amides is 2. The molecule has 1 aliphatic carbocycles. The summed E-state index contributed by atoms with van der Waals surface area (Å²) in [4.78, 5) is 42.4. The van der Waals surface area contributed by atoms with E-state index in [4.69, 9.17) is 32.7 Å². The number of aliphatic hydroxyl groups is 1. The summed E-state index contributed by atoms with van der Waals surface area (Å²) in [5, 5.41) is 18.6. The van der Waals surface area contributed by atoms with Gasteiger partial charge in [0.15, 0.2) is 11.5 Å². The molecule has 8 nitrogen and oxygen atoms in total. The lowest BCUT2D eigenvalue weighted by atomic mass is 9.61. The lowest BCUT2D eigenvalue weighted by Gasteiger charge is -2.44. The fourth-order valence-electron chi connectivity index (χ4n) is 6.52. The minimum atomic E-state index is -1.79. The monoisotopic (exact) mass is 702 g/mol. The number of ether oxygens (including phenoxy) is 2. The van der Waals surface area contributed by atoms with Crippen LogP contribution in [0.15, 0.2) is 72.8 Å². The van der Waals surface area contributed by atoms with Crippen LogP contribution >= 0.6 is 23.2 Å². The lowest BCUT2D eigenvalue weighted by Crippen LogP contribution is -2.56. The second-order valence-corrected chi connectivity index (χ2v) is 13.7. The number of carbonyl (C=O) groups excluding carboxylic acids is 3. The molecule has 4 aromatic rings. The summed E-state index contributed by atoms with van der Waals surface area (Å²) in [5.41, 5.74) is 4.05. The summed E-state index contributed by atoms with van der Waals surface area (Å²) in [7, 11) is 1.46. The van der Waals surface area contributed by atoms with Gasteiger partial charge in [-0.25, -0.2) is 0 Å². The first-order valence-electron chi connectivity index (χ1n) is 16.0. The van der Waals surface area contributed by atoms with Crippen LogP contribution < -0.4 is 20.1 Å². The number of carbonyl (C=O) groups is 3. The predicted molar refractivity (Wildman–Crippen MR) is 193 cm³/mol. The number of aryl methyl sites for hydroxylation is 2. The molecule has 0 radical (unpaired) electrons. The number of methoxy groups -OCH3 is 1. The Balaban J connectivity index is 1.59. The third-order valence-corrected chi connectivity index (χ3v) is 10.3. The number of hydrogen-bond donors (Lipinski definition) is 3. The molecule has 0 bridgehead atoms. The minimum absolute atomic E-state index is 0.0482. The lowest BCUT2D eigenvalue weighted by molar-refractivity contribution is -0.150. The fourth-order valence-corrected chi connectivity index (χ4v) is 7.02. The molecule has 256 valence electrons. The highest BCUT2D eigenvalue weighted by atomic mass is 35.5. The Morgan fingerprint density at radius 2 is 1.39 bits per heavy atom. The standard InChI is InChI=1S/C39H40Cl2N2O6/c1-21-10-7-14-29(23(21)3)42-37(45)35-31(44)19-39(5,47)36(38(46)43-30-15-8-11-22(2)24(30)4)34(35)25-16-17-32(33(18-25)48-6)49-20-26-27(40)12-9-13-28(26)41/h7-18,34-36,47H,19-20H2,1-6H3,(H,42,45)(H,43,46). The van der Waals surface area contributed by atoms with Crippen LogP contribution in [-0.4, -0.2) is 35.4 Å². The molecule has 0 spiro atoms. The van der Waals surface area contributed by atoms with Gasteiger partial charge in [0.05, 0.1) is 18.6 Å². The van der Waals surface area contributed by atoms with E-state index in [1.165, 1.54) is 14.0 Å². The summed E-state index contributed by atoms with van der Waals surface area (Å²) in [6, 6.07) is 21.2. The zero-order valence-corrected chi connectivity index (χ0v) is 29.8. The molecule has 4 aromatic carbocycles. The van der Waals surface area contributed by atoms with Crippen molar-refractivity contribution in [3.05, 3.63) is 116 Å². The van der Waals surface area contributed by atoms with Gasteiger partial charge in [0, 0.05) is 39.3 Å². The molecule has 0 heterocycles. The van der Waals surface area contributed by atoms with Crippen molar-refractivity contribution in [3.8, 4) is 11.5 Å². The van der Waals surface area contributed by atoms with Crippen LogP contribution in [0.25, 0.3) is 0 Å². The van der Waals surface area contributed by atoms with Crippen LogP contribution in [-0.2, 0) is 21.0 Å². The zero-order valence-electron chi connectivity index (χ0n) is 28.3. The van der Waals surface area contributed by atoms with Gasteiger partial charge >= 0.3 is 0 Å². The number of Topliss-reactive ketones (excluding diaryl/α,β-unsaturated/α-hetero) is 1. The minimum Gasteiger partial charge on any atom is -0.493 e. The zero-order chi connectivity index (χ0) is 35.6. The molecule has 1 aliphatic rings. The predicted octanol–water partition coefficient (Wildman–Crippen LogP) is 8.13.